The first-order chi connectivity index (χ1) is 7.77. The normalized spacial score (nSPS) is 21.1. The third-order valence-corrected chi connectivity index (χ3v) is 2.79. The van der Waals surface area contributed by atoms with Crippen LogP contribution in [-0.4, -0.2) is 54.9 Å². The molecule has 1 aliphatic rings. The maximum absolute atomic E-state index is 11.8. The van der Waals surface area contributed by atoms with E-state index in [1.807, 2.05) is 0 Å². The number of ether oxygens (including phenoxy) is 1. The number of carbonyl (C=O) groups is 1. The number of nitrogens with two attached hydrogens (primary N) is 1. The lowest BCUT2D eigenvalue weighted by atomic mass is 10.1. The largest absolute Gasteiger partial charge is 0.394 e. The molecule has 3 N–H and O–H groups in total. The monoisotopic (exact) mass is 230 g/mol. The minimum absolute atomic E-state index is 0.0169. The number of nitrogens with zero attached hydrogens (tertiary/aromatic N) is 1. The van der Waals surface area contributed by atoms with E-state index < -0.39 is 0 Å². The van der Waals surface area contributed by atoms with E-state index in [0.717, 1.165) is 19.3 Å². The second kappa shape index (κ2) is 7.60. The fourth-order valence-corrected chi connectivity index (χ4v) is 1.81. The smallest absolute Gasteiger partial charge is 0.222 e. The summed E-state index contributed by atoms with van der Waals surface area (Å²) in [5, 5.41) is 8.96. The molecule has 0 spiro atoms. The summed E-state index contributed by atoms with van der Waals surface area (Å²) in [6, 6.07) is 0. The Morgan fingerprint density at radius 2 is 2.25 bits per heavy atom. The molecule has 94 valence electrons. The van der Waals surface area contributed by atoms with Crippen molar-refractivity contribution in [3.63, 3.8) is 0 Å². The molecular weight excluding hydrogens is 208 g/mol. The molecule has 0 aliphatic carbocycles. The van der Waals surface area contributed by atoms with Gasteiger partial charge >= 0.3 is 0 Å². The Morgan fingerprint density at radius 3 is 2.94 bits per heavy atom. The van der Waals surface area contributed by atoms with Gasteiger partial charge in [-0.2, -0.15) is 0 Å². The lowest BCUT2D eigenvalue weighted by molar-refractivity contribution is -0.140. The SMILES string of the molecule is NCCCCCC(=O)N1CCOC(CO)C1. The zero-order chi connectivity index (χ0) is 11.8. The predicted molar refractivity (Wildman–Crippen MR) is 60.9 cm³/mol. The van der Waals surface area contributed by atoms with E-state index in [1.165, 1.54) is 0 Å². The van der Waals surface area contributed by atoms with Crippen LogP contribution in [0.3, 0.4) is 0 Å². The van der Waals surface area contributed by atoms with Crippen LogP contribution in [0.5, 0.6) is 0 Å². The van der Waals surface area contributed by atoms with Gasteiger partial charge in [0.05, 0.1) is 19.3 Å². The summed E-state index contributed by atoms with van der Waals surface area (Å²) in [6.07, 6.45) is 3.27. The van der Waals surface area contributed by atoms with Gasteiger partial charge in [0.15, 0.2) is 0 Å². The zero-order valence-electron chi connectivity index (χ0n) is 9.73. The summed E-state index contributed by atoms with van der Waals surface area (Å²) in [6.45, 7) is 2.37. The Morgan fingerprint density at radius 1 is 1.44 bits per heavy atom. The highest BCUT2D eigenvalue weighted by atomic mass is 16.5. The van der Waals surface area contributed by atoms with Gasteiger partial charge in [0.2, 0.25) is 5.91 Å². The fraction of sp³-hybridized carbons (Fsp3) is 0.909. The van der Waals surface area contributed by atoms with Gasteiger partial charge < -0.3 is 20.5 Å². The number of aliphatic hydroxyl groups excluding tert-OH is 1. The van der Waals surface area contributed by atoms with Gasteiger partial charge in [-0.25, -0.2) is 0 Å². The summed E-state index contributed by atoms with van der Waals surface area (Å²) in [7, 11) is 0. The van der Waals surface area contributed by atoms with Crippen LogP contribution < -0.4 is 5.73 Å². The van der Waals surface area contributed by atoms with Crippen molar-refractivity contribution in [3.8, 4) is 0 Å². The second-order valence-corrected chi connectivity index (χ2v) is 4.11. The summed E-state index contributed by atoms with van der Waals surface area (Å²) in [5.74, 6) is 0.166. The molecule has 1 unspecified atom stereocenters. The number of unbranched alkanes of at least 4 members (excludes halogenated alkanes) is 2. The zero-order valence-corrected chi connectivity index (χ0v) is 9.73. The van der Waals surface area contributed by atoms with Crippen molar-refractivity contribution in [3.05, 3.63) is 0 Å². The van der Waals surface area contributed by atoms with Crippen molar-refractivity contribution in [1.29, 1.82) is 0 Å². The van der Waals surface area contributed by atoms with Crippen molar-refractivity contribution in [2.45, 2.75) is 31.8 Å². The van der Waals surface area contributed by atoms with Gasteiger partial charge in [0, 0.05) is 19.5 Å². The molecule has 0 radical (unpaired) electrons. The first-order valence-electron chi connectivity index (χ1n) is 5.98. The molecule has 5 heteroatoms. The number of rotatable bonds is 6. The first kappa shape index (κ1) is 13.4. The van der Waals surface area contributed by atoms with E-state index in [0.29, 0.717) is 32.7 Å². The van der Waals surface area contributed by atoms with Crippen LogP contribution in [-0.2, 0) is 9.53 Å². The fourth-order valence-electron chi connectivity index (χ4n) is 1.81. The Bertz CT molecular complexity index is 211. The molecule has 1 fully saturated rings. The third kappa shape index (κ3) is 4.47. The van der Waals surface area contributed by atoms with Crippen LogP contribution >= 0.6 is 0 Å². The number of hydrogen-bond donors (Lipinski definition) is 2. The van der Waals surface area contributed by atoms with Crippen molar-refractivity contribution in [2.75, 3.05) is 32.8 Å². The van der Waals surface area contributed by atoms with Crippen molar-refractivity contribution in [1.82, 2.24) is 4.90 Å². The van der Waals surface area contributed by atoms with Crippen molar-refractivity contribution in [2.24, 2.45) is 5.73 Å². The van der Waals surface area contributed by atoms with Crippen LogP contribution in [0.25, 0.3) is 0 Å². The molecule has 1 atom stereocenters. The van der Waals surface area contributed by atoms with Gasteiger partial charge in [-0.1, -0.05) is 6.42 Å². The lowest BCUT2D eigenvalue weighted by Crippen LogP contribution is -2.46. The summed E-state index contributed by atoms with van der Waals surface area (Å²) < 4.78 is 5.29. The molecule has 5 nitrogen and oxygen atoms in total. The molecule has 0 saturated carbocycles. The molecule has 0 aromatic carbocycles. The predicted octanol–water partition coefficient (Wildman–Crippen LogP) is -0.275. The highest BCUT2D eigenvalue weighted by Gasteiger charge is 2.22. The maximum Gasteiger partial charge on any atom is 0.222 e. The number of aliphatic hydroxyl groups is 1. The summed E-state index contributed by atoms with van der Waals surface area (Å²) in [5.41, 5.74) is 5.38. The Labute approximate surface area is 96.6 Å². The molecule has 0 bridgehead atoms. The Hall–Kier alpha value is -0.650. The van der Waals surface area contributed by atoms with Crippen LogP contribution in [0.2, 0.25) is 0 Å². The highest BCUT2D eigenvalue weighted by Crippen LogP contribution is 2.08. The lowest BCUT2D eigenvalue weighted by Gasteiger charge is -2.32. The van der Waals surface area contributed by atoms with Crippen LogP contribution in [0.15, 0.2) is 0 Å². The highest BCUT2D eigenvalue weighted by molar-refractivity contribution is 5.76. The molecular formula is C11H22N2O3. The molecule has 16 heavy (non-hydrogen) atoms. The second-order valence-electron chi connectivity index (χ2n) is 4.11. The van der Waals surface area contributed by atoms with E-state index in [9.17, 15) is 4.79 Å². The topological polar surface area (TPSA) is 75.8 Å². The minimum atomic E-state index is -0.207. The first-order valence-corrected chi connectivity index (χ1v) is 5.98. The molecule has 0 aromatic heterocycles. The number of amides is 1. The van der Waals surface area contributed by atoms with Crippen LogP contribution in [0, 0.1) is 0 Å². The van der Waals surface area contributed by atoms with Crippen LogP contribution in [0.4, 0.5) is 0 Å². The van der Waals surface area contributed by atoms with Gasteiger partial charge in [-0.3, -0.25) is 4.79 Å². The van der Waals surface area contributed by atoms with Gasteiger partial charge in [-0.15, -0.1) is 0 Å². The van der Waals surface area contributed by atoms with Crippen LogP contribution in [0.1, 0.15) is 25.7 Å². The van der Waals surface area contributed by atoms with E-state index in [2.05, 4.69) is 0 Å². The molecule has 1 rings (SSSR count). The molecule has 1 amide bonds. The van der Waals surface area contributed by atoms with Gasteiger partial charge in [0.1, 0.15) is 0 Å². The standard InChI is InChI=1S/C11H22N2O3/c12-5-3-1-2-4-11(15)13-6-7-16-10(8-13)9-14/h10,14H,1-9,12H2. The Balaban J connectivity index is 2.19. The number of morpholine rings is 1. The summed E-state index contributed by atoms with van der Waals surface area (Å²) >= 11 is 0. The average molecular weight is 230 g/mol. The van der Waals surface area contributed by atoms with E-state index in [-0.39, 0.29) is 18.6 Å². The summed E-state index contributed by atoms with van der Waals surface area (Å²) in [4.78, 5) is 13.6. The van der Waals surface area contributed by atoms with Crippen molar-refractivity contribution >= 4 is 5.91 Å². The minimum Gasteiger partial charge on any atom is -0.394 e. The average Bonchev–Trinajstić information content (AvgIpc) is 2.34. The van der Waals surface area contributed by atoms with E-state index in [1.54, 1.807) is 4.90 Å². The molecule has 0 aromatic rings. The number of carbonyl (C=O) groups excluding carboxylic acids is 1. The quantitative estimate of drug-likeness (QED) is 0.616. The molecule has 1 heterocycles. The molecule has 1 saturated heterocycles. The number of hydrogen-bond acceptors (Lipinski definition) is 4. The Kier molecular flexibility index (Phi) is 6.37. The van der Waals surface area contributed by atoms with Crippen molar-refractivity contribution < 1.29 is 14.6 Å². The van der Waals surface area contributed by atoms with E-state index >= 15 is 0 Å². The third-order valence-electron chi connectivity index (χ3n) is 2.79. The maximum atomic E-state index is 11.8. The van der Waals surface area contributed by atoms with Gasteiger partial charge in [-0.05, 0) is 19.4 Å². The van der Waals surface area contributed by atoms with Gasteiger partial charge in [0.25, 0.3) is 0 Å². The van der Waals surface area contributed by atoms with E-state index in [4.69, 9.17) is 15.6 Å². The molecule has 1 aliphatic heterocycles.